The molecule has 8 heteroatoms. The maximum absolute atomic E-state index is 12.4. The van der Waals surface area contributed by atoms with Crippen molar-refractivity contribution in [3.8, 4) is 10.6 Å². The average Bonchev–Trinajstić information content (AvgIpc) is 3.25. The summed E-state index contributed by atoms with van der Waals surface area (Å²) in [6, 6.07) is 15.5. The standard InChI is InChI=1S/C20H21N3O3S2/c1-23(16-9-10-28(25,26)13-16)12-19(24)21-15-6-4-5-14(11-15)20-22-17-7-2-3-8-18(17)27-20/h2-8,11,16H,9-10,12-13H2,1H3,(H,21,24)/t16-/m1/s1. The molecular formula is C20H21N3O3S2. The third kappa shape index (κ3) is 4.24. The van der Waals surface area contributed by atoms with Crippen molar-refractivity contribution < 1.29 is 13.2 Å². The van der Waals surface area contributed by atoms with Gasteiger partial charge in [-0.3, -0.25) is 9.69 Å². The third-order valence-electron chi connectivity index (χ3n) is 4.91. The number of hydrogen-bond donors (Lipinski definition) is 1. The quantitative estimate of drug-likeness (QED) is 0.693. The molecule has 1 fully saturated rings. The molecule has 1 atom stereocenters. The summed E-state index contributed by atoms with van der Waals surface area (Å²) in [5.74, 6) is 0.172. The van der Waals surface area contributed by atoms with Crippen molar-refractivity contribution in [2.45, 2.75) is 12.5 Å². The number of aromatic nitrogens is 1. The van der Waals surface area contributed by atoms with Crippen molar-refractivity contribution in [2.75, 3.05) is 30.4 Å². The SMILES string of the molecule is CN(CC(=O)Nc1cccc(-c2nc3ccccc3s2)c1)[C@@H]1CCS(=O)(=O)C1. The third-order valence-corrected chi connectivity index (χ3v) is 7.75. The normalized spacial score (nSPS) is 18.6. The van der Waals surface area contributed by atoms with Gasteiger partial charge in [-0.25, -0.2) is 13.4 Å². The van der Waals surface area contributed by atoms with Crippen molar-refractivity contribution in [3.05, 3.63) is 48.5 Å². The van der Waals surface area contributed by atoms with E-state index in [4.69, 9.17) is 0 Å². The first-order valence-electron chi connectivity index (χ1n) is 9.06. The Morgan fingerprint density at radius 3 is 2.82 bits per heavy atom. The number of thiazole rings is 1. The summed E-state index contributed by atoms with van der Waals surface area (Å²) >= 11 is 1.62. The van der Waals surface area contributed by atoms with Gasteiger partial charge in [0.05, 0.1) is 28.3 Å². The number of fused-ring (bicyclic) bond motifs is 1. The minimum absolute atomic E-state index is 0.0927. The highest BCUT2D eigenvalue weighted by Gasteiger charge is 2.31. The molecule has 0 bridgehead atoms. The second kappa shape index (κ2) is 7.62. The van der Waals surface area contributed by atoms with Gasteiger partial charge in [-0.2, -0.15) is 0 Å². The van der Waals surface area contributed by atoms with Gasteiger partial charge in [0.15, 0.2) is 9.84 Å². The van der Waals surface area contributed by atoms with Gasteiger partial charge < -0.3 is 5.32 Å². The van der Waals surface area contributed by atoms with E-state index in [0.717, 1.165) is 20.8 Å². The predicted molar refractivity (Wildman–Crippen MR) is 113 cm³/mol. The molecular weight excluding hydrogens is 394 g/mol. The largest absolute Gasteiger partial charge is 0.325 e. The van der Waals surface area contributed by atoms with Crippen molar-refractivity contribution in [1.29, 1.82) is 0 Å². The lowest BCUT2D eigenvalue weighted by Gasteiger charge is -2.22. The van der Waals surface area contributed by atoms with Crippen molar-refractivity contribution in [1.82, 2.24) is 9.88 Å². The Morgan fingerprint density at radius 1 is 1.25 bits per heavy atom. The zero-order chi connectivity index (χ0) is 19.7. The van der Waals surface area contributed by atoms with Crippen LogP contribution in [0.2, 0.25) is 0 Å². The molecule has 2 heterocycles. The zero-order valence-corrected chi connectivity index (χ0v) is 17.1. The number of rotatable bonds is 5. The lowest BCUT2D eigenvalue weighted by molar-refractivity contribution is -0.117. The lowest BCUT2D eigenvalue weighted by atomic mass is 10.2. The molecule has 1 amide bonds. The molecule has 6 nitrogen and oxygen atoms in total. The summed E-state index contributed by atoms with van der Waals surface area (Å²) < 4.78 is 24.4. The summed E-state index contributed by atoms with van der Waals surface area (Å²) in [7, 11) is -1.17. The number of carbonyl (C=O) groups excluding carboxylic acids is 1. The van der Waals surface area contributed by atoms with E-state index in [1.54, 1.807) is 18.4 Å². The molecule has 0 spiro atoms. The summed E-state index contributed by atoms with van der Waals surface area (Å²) in [6.45, 7) is 0.158. The first kappa shape index (κ1) is 19.0. The summed E-state index contributed by atoms with van der Waals surface area (Å²) in [6.07, 6.45) is 0.583. The molecule has 4 rings (SSSR count). The molecule has 1 aliphatic heterocycles. The lowest BCUT2D eigenvalue weighted by Crippen LogP contribution is -2.38. The molecule has 0 unspecified atom stereocenters. The number of anilines is 1. The highest BCUT2D eigenvalue weighted by molar-refractivity contribution is 7.91. The molecule has 2 aromatic carbocycles. The van der Waals surface area contributed by atoms with Crippen LogP contribution < -0.4 is 5.32 Å². The van der Waals surface area contributed by atoms with Crippen LogP contribution in [-0.4, -0.2) is 55.3 Å². The van der Waals surface area contributed by atoms with Crippen LogP contribution in [0.3, 0.4) is 0 Å². The number of para-hydroxylation sites is 1. The fraction of sp³-hybridized carbons (Fsp3) is 0.300. The van der Waals surface area contributed by atoms with Gasteiger partial charge in [0.25, 0.3) is 0 Å². The van der Waals surface area contributed by atoms with Gasteiger partial charge in [0.2, 0.25) is 5.91 Å². The zero-order valence-electron chi connectivity index (χ0n) is 15.5. The Labute approximate surface area is 168 Å². The number of carbonyl (C=O) groups is 1. The monoisotopic (exact) mass is 415 g/mol. The number of sulfone groups is 1. The average molecular weight is 416 g/mol. The van der Waals surface area contributed by atoms with Crippen LogP contribution in [0.1, 0.15) is 6.42 Å². The second-order valence-electron chi connectivity index (χ2n) is 7.09. The number of amides is 1. The number of nitrogens with one attached hydrogen (secondary N) is 1. The molecule has 1 saturated heterocycles. The molecule has 0 saturated carbocycles. The maximum Gasteiger partial charge on any atom is 0.238 e. The highest BCUT2D eigenvalue weighted by Crippen LogP contribution is 2.31. The first-order chi connectivity index (χ1) is 13.4. The van der Waals surface area contributed by atoms with Gasteiger partial charge in [-0.15, -0.1) is 11.3 Å². The Balaban J connectivity index is 1.43. The Morgan fingerprint density at radius 2 is 2.07 bits per heavy atom. The fourth-order valence-electron chi connectivity index (χ4n) is 3.40. The van der Waals surface area contributed by atoms with Crippen LogP contribution in [-0.2, 0) is 14.6 Å². The molecule has 1 N–H and O–H groups in total. The summed E-state index contributed by atoms with van der Waals surface area (Å²) in [5, 5.41) is 3.82. The van der Waals surface area contributed by atoms with Crippen molar-refractivity contribution in [2.24, 2.45) is 0 Å². The minimum Gasteiger partial charge on any atom is -0.325 e. The van der Waals surface area contributed by atoms with E-state index in [-0.39, 0.29) is 30.0 Å². The molecule has 3 aromatic rings. The van der Waals surface area contributed by atoms with Gasteiger partial charge in [-0.05, 0) is 37.7 Å². The Kier molecular flexibility index (Phi) is 5.18. The van der Waals surface area contributed by atoms with E-state index in [2.05, 4.69) is 10.3 Å². The molecule has 0 radical (unpaired) electrons. The van der Waals surface area contributed by atoms with Crippen LogP contribution in [0.4, 0.5) is 5.69 Å². The van der Waals surface area contributed by atoms with Gasteiger partial charge >= 0.3 is 0 Å². The Hall–Kier alpha value is -2.29. The molecule has 28 heavy (non-hydrogen) atoms. The van der Waals surface area contributed by atoms with Gasteiger partial charge in [0.1, 0.15) is 5.01 Å². The molecule has 146 valence electrons. The Bertz CT molecular complexity index is 1090. The number of hydrogen-bond acceptors (Lipinski definition) is 6. The fourth-order valence-corrected chi connectivity index (χ4v) is 6.17. The van der Waals surface area contributed by atoms with Crippen LogP contribution in [0, 0.1) is 0 Å². The van der Waals surface area contributed by atoms with E-state index in [1.807, 2.05) is 53.4 Å². The number of benzene rings is 2. The van der Waals surface area contributed by atoms with E-state index >= 15 is 0 Å². The molecule has 1 aliphatic rings. The van der Waals surface area contributed by atoms with E-state index in [0.29, 0.717) is 12.1 Å². The molecule has 1 aromatic heterocycles. The van der Waals surface area contributed by atoms with E-state index < -0.39 is 9.84 Å². The topological polar surface area (TPSA) is 79.4 Å². The highest BCUT2D eigenvalue weighted by atomic mass is 32.2. The van der Waals surface area contributed by atoms with Gasteiger partial charge in [-0.1, -0.05) is 24.3 Å². The first-order valence-corrected chi connectivity index (χ1v) is 11.7. The second-order valence-corrected chi connectivity index (χ2v) is 10.3. The summed E-state index contributed by atoms with van der Waals surface area (Å²) in [5.41, 5.74) is 2.62. The van der Waals surface area contributed by atoms with Gasteiger partial charge in [0, 0.05) is 17.3 Å². The van der Waals surface area contributed by atoms with Crippen LogP contribution >= 0.6 is 11.3 Å². The smallest absolute Gasteiger partial charge is 0.238 e. The predicted octanol–water partition coefficient (Wildman–Crippen LogP) is 3.02. The van der Waals surface area contributed by atoms with Crippen LogP contribution in [0.15, 0.2) is 48.5 Å². The minimum atomic E-state index is -2.96. The number of likely N-dealkylation sites (N-methyl/N-ethyl adjacent to an activating group) is 1. The molecule has 0 aliphatic carbocycles. The van der Waals surface area contributed by atoms with Crippen LogP contribution in [0.5, 0.6) is 0 Å². The van der Waals surface area contributed by atoms with E-state index in [1.165, 1.54) is 0 Å². The number of nitrogens with zero attached hydrogens (tertiary/aromatic N) is 2. The van der Waals surface area contributed by atoms with Crippen molar-refractivity contribution >= 4 is 43.0 Å². The van der Waals surface area contributed by atoms with Crippen LogP contribution in [0.25, 0.3) is 20.8 Å². The van der Waals surface area contributed by atoms with Crippen molar-refractivity contribution in [3.63, 3.8) is 0 Å². The van der Waals surface area contributed by atoms with E-state index in [9.17, 15) is 13.2 Å². The maximum atomic E-state index is 12.4. The summed E-state index contributed by atoms with van der Waals surface area (Å²) in [4.78, 5) is 18.9.